The first-order chi connectivity index (χ1) is 28.7. The molecule has 0 fully saturated rings. The summed E-state index contributed by atoms with van der Waals surface area (Å²) in [5.41, 5.74) is 1.58. The standard InChI is InChI=1S/C37H43N3O16S5/c1-37(19-7-3-6-12-36(43)54-40-33(41)17-18-34(40)42)28-25-27(61(51,52)53)14-16-29(28)38(20-8-22-59(45,46)47)32(37)10-4-2-5-11-35-39(21-9-23-60(48,49)50)30-15-13-26(58-56-55-44)24-31(30)57-35/h2,4-5,10-11,13-18,24-25H,3,6-9,12,19-23H2,1H3,(H5-,41,42,44,45,46,47,48,49,50,51,52,53)/p+1. The molecule has 6 N–H and O–H groups in total. The molecular weight excluding hydrogens is 903 g/mol. The van der Waals surface area contributed by atoms with Crippen molar-refractivity contribution in [3.63, 3.8) is 0 Å². The predicted molar refractivity (Wildman–Crippen MR) is 224 cm³/mol. The van der Waals surface area contributed by atoms with Crippen LogP contribution in [0.25, 0.3) is 16.3 Å². The summed E-state index contributed by atoms with van der Waals surface area (Å²) >= 11 is 2.15. The molecule has 1 atom stereocenters. The SMILES string of the molecule is CC1(CCCCCC(=O)On2c(O)ccc2O)C(=CC=CC=Cc2sc3cc(SOOO)ccc3[n+]2CCCS(=O)(=O)O)N(CCCS(=O)(=O)O)c2ccc(S(=O)(=O)O)cc21. The van der Waals surface area contributed by atoms with Crippen LogP contribution in [-0.2, 0) is 56.5 Å². The topological polar surface area (TPSA) is 281 Å². The van der Waals surface area contributed by atoms with E-state index in [2.05, 4.69) is 9.37 Å². The van der Waals surface area contributed by atoms with Gasteiger partial charge in [-0.05, 0) is 68.2 Å². The van der Waals surface area contributed by atoms with Gasteiger partial charge in [-0.1, -0.05) is 47.4 Å². The molecular formula is C37H44N3O16S5+. The minimum atomic E-state index is -4.63. The van der Waals surface area contributed by atoms with Crippen molar-refractivity contribution in [3.8, 4) is 11.8 Å². The second kappa shape index (κ2) is 20.2. The molecule has 1 aliphatic rings. The lowest BCUT2D eigenvalue weighted by molar-refractivity contribution is -0.668. The first-order valence-electron chi connectivity index (χ1n) is 18.5. The largest absolute Gasteiger partial charge is 0.492 e. The maximum absolute atomic E-state index is 12.4. The lowest BCUT2D eigenvalue weighted by atomic mass is 9.77. The summed E-state index contributed by atoms with van der Waals surface area (Å²) in [6, 6.07) is 11.7. The number of rotatable bonds is 22. The fourth-order valence-electron chi connectivity index (χ4n) is 6.97. The zero-order valence-electron chi connectivity index (χ0n) is 32.4. The van der Waals surface area contributed by atoms with E-state index in [4.69, 9.17) is 10.1 Å². The van der Waals surface area contributed by atoms with E-state index < -0.39 is 65.0 Å². The van der Waals surface area contributed by atoms with Crippen LogP contribution in [0.3, 0.4) is 0 Å². The second-order valence-corrected chi connectivity index (χ2v) is 20.4. The van der Waals surface area contributed by atoms with Crippen LogP contribution in [0.5, 0.6) is 11.8 Å². The Bertz CT molecular complexity index is 2640. The van der Waals surface area contributed by atoms with Gasteiger partial charge in [0, 0.05) is 65.4 Å². The van der Waals surface area contributed by atoms with Gasteiger partial charge in [-0.3, -0.25) is 13.7 Å². The maximum atomic E-state index is 12.4. The number of aryl methyl sites for hydroxylation is 1. The Balaban J connectivity index is 1.44. The number of unbranched alkanes of at least 4 members (excludes halogenated alkanes) is 2. The highest BCUT2D eigenvalue weighted by Crippen LogP contribution is 2.51. The highest BCUT2D eigenvalue weighted by molar-refractivity contribution is 7.94. The Morgan fingerprint density at radius 1 is 0.869 bits per heavy atom. The number of anilines is 1. The van der Waals surface area contributed by atoms with Crippen LogP contribution < -0.4 is 14.3 Å². The molecule has 0 spiro atoms. The number of thiazole rings is 1. The molecule has 0 radical (unpaired) electrons. The van der Waals surface area contributed by atoms with E-state index in [0.29, 0.717) is 52.3 Å². The molecule has 19 nitrogen and oxygen atoms in total. The predicted octanol–water partition coefficient (Wildman–Crippen LogP) is 5.47. The number of nitrogens with zero attached hydrogens (tertiary/aromatic N) is 3. The number of hydrogen-bond donors (Lipinski definition) is 6. The van der Waals surface area contributed by atoms with Crippen molar-refractivity contribution >= 4 is 81.7 Å². The van der Waals surface area contributed by atoms with E-state index in [1.807, 2.05) is 16.4 Å². The Morgan fingerprint density at radius 3 is 2.25 bits per heavy atom. The van der Waals surface area contributed by atoms with E-state index in [9.17, 15) is 53.9 Å². The number of carbonyl (C=O) groups excluding carboxylic acids is 1. The van der Waals surface area contributed by atoms with Crippen molar-refractivity contribution in [3.05, 3.63) is 89.1 Å². The molecule has 0 aliphatic carbocycles. The molecule has 1 unspecified atom stereocenters. The Kier molecular flexibility index (Phi) is 15.8. The summed E-state index contributed by atoms with van der Waals surface area (Å²) in [7, 11) is -13.1. The van der Waals surface area contributed by atoms with Gasteiger partial charge in [0.2, 0.25) is 17.3 Å². The minimum Gasteiger partial charge on any atom is -0.492 e. The number of aromatic nitrogens is 2. The summed E-state index contributed by atoms with van der Waals surface area (Å²) in [6.45, 7) is 2.23. The third kappa shape index (κ3) is 12.9. The van der Waals surface area contributed by atoms with Crippen LogP contribution in [0.1, 0.15) is 62.4 Å². The first-order valence-corrected chi connectivity index (χ1v) is 24.7. The first kappa shape index (κ1) is 47.7. The third-order valence-corrected chi connectivity index (χ3v) is 13.8. The van der Waals surface area contributed by atoms with E-state index in [-0.39, 0.29) is 37.2 Å². The third-order valence-electron chi connectivity index (χ3n) is 9.70. The van der Waals surface area contributed by atoms with Gasteiger partial charge in [-0.15, -0.1) is 9.06 Å². The molecule has 3 heterocycles. The lowest BCUT2D eigenvalue weighted by Crippen LogP contribution is -2.35. The lowest BCUT2D eigenvalue weighted by Gasteiger charge is -2.30. The van der Waals surface area contributed by atoms with Crippen LogP contribution in [-0.4, -0.2) is 83.1 Å². The van der Waals surface area contributed by atoms with Gasteiger partial charge < -0.3 is 20.0 Å². The molecule has 61 heavy (non-hydrogen) atoms. The van der Waals surface area contributed by atoms with Crippen LogP contribution in [0.4, 0.5) is 5.69 Å². The van der Waals surface area contributed by atoms with Crippen molar-refractivity contribution < 1.29 is 78.0 Å². The summed E-state index contributed by atoms with van der Waals surface area (Å²) in [5.74, 6) is -2.61. The maximum Gasteiger partial charge on any atom is 0.333 e. The highest BCUT2D eigenvalue weighted by Gasteiger charge is 2.43. The summed E-state index contributed by atoms with van der Waals surface area (Å²) < 4.78 is 107. The average Bonchev–Trinajstić information content (AvgIpc) is 3.76. The zero-order valence-corrected chi connectivity index (χ0v) is 36.5. The molecule has 1 aliphatic heterocycles. The Morgan fingerprint density at radius 2 is 1.57 bits per heavy atom. The van der Waals surface area contributed by atoms with Gasteiger partial charge in [0.15, 0.2) is 6.54 Å². The monoisotopic (exact) mass is 946 g/mol. The highest BCUT2D eigenvalue weighted by atomic mass is 32.2. The van der Waals surface area contributed by atoms with E-state index >= 15 is 0 Å². The number of aromatic hydroxyl groups is 2. The van der Waals surface area contributed by atoms with E-state index in [1.165, 1.54) is 29.5 Å². The van der Waals surface area contributed by atoms with Crippen molar-refractivity contribution in [1.29, 1.82) is 0 Å². The zero-order chi connectivity index (χ0) is 44.6. The van der Waals surface area contributed by atoms with Crippen LogP contribution >= 0.6 is 23.4 Å². The van der Waals surface area contributed by atoms with Crippen LogP contribution in [0, 0.1) is 0 Å². The van der Waals surface area contributed by atoms with Crippen LogP contribution in [0.2, 0.25) is 0 Å². The number of allylic oxidation sites excluding steroid dienone is 5. The molecule has 5 rings (SSSR count). The Labute approximate surface area is 360 Å². The molecule has 2 aromatic carbocycles. The van der Waals surface area contributed by atoms with Crippen molar-refractivity contribution in [2.75, 3.05) is 23.0 Å². The molecule has 4 aromatic rings. The fraction of sp³-hybridized carbons (Fsp3) is 0.351. The molecule has 0 saturated carbocycles. The van der Waals surface area contributed by atoms with Gasteiger partial charge in [-0.25, -0.2) is 10.1 Å². The van der Waals surface area contributed by atoms with Crippen molar-refractivity contribution in [2.24, 2.45) is 0 Å². The smallest absolute Gasteiger partial charge is 0.333 e. The van der Waals surface area contributed by atoms with Gasteiger partial charge in [0.1, 0.15) is 4.70 Å². The average molecular weight is 947 g/mol. The number of carbonyl (C=O) groups is 1. The molecule has 0 bridgehead atoms. The molecule has 0 saturated heterocycles. The number of fused-ring (bicyclic) bond motifs is 2. The van der Waals surface area contributed by atoms with E-state index in [0.717, 1.165) is 39.4 Å². The van der Waals surface area contributed by atoms with Crippen molar-refractivity contribution in [2.45, 2.75) is 73.6 Å². The normalized spacial score (nSPS) is 16.7. The van der Waals surface area contributed by atoms with Crippen molar-refractivity contribution in [1.82, 2.24) is 4.73 Å². The van der Waals surface area contributed by atoms with Gasteiger partial charge in [0.05, 0.1) is 28.4 Å². The molecule has 0 amide bonds. The second-order valence-electron chi connectivity index (χ2n) is 14.0. The van der Waals surface area contributed by atoms with Crippen LogP contribution in [0.15, 0.2) is 88.3 Å². The number of benzene rings is 2. The number of hydrogen-bond acceptors (Lipinski definition) is 16. The summed E-state index contributed by atoms with van der Waals surface area (Å²) in [5, 5.41) is 32.5. The minimum absolute atomic E-state index is 0.00681. The summed E-state index contributed by atoms with van der Waals surface area (Å²) in [4.78, 5) is 19.5. The quantitative estimate of drug-likeness (QED) is 0.0108. The van der Waals surface area contributed by atoms with E-state index in [1.54, 1.807) is 48.6 Å². The summed E-state index contributed by atoms with van der Waals surface area (Å²) in [6.07, 6.45) is 10.6. The van der Waals surface area contributed by atoms with Gasteiger partial charge >= 0.3 is 5.97 Å². The van der Waals surface area contributed by atoms with Gasteiger partial charge in [0.25, 0.3) is 35.4 Å². The fourth-order valence-corrected chi connectivity index (χ4v) is 10.1. The van der Waals surface area contributed by atoms with Gasteiger partial charge in [-0.2, -0.15) is 29.8 Å². The molecule has 2 aromatic heterocycles. The Hall–Kier alpha value is -4.34. The molecule has 332 valence electrons. The molecule has 24 heteroatoms.